The van der Waals surface area contributed by atoms with Crippen molar-refractivity contribution in [1.82, 2.24) is 9.29 Å². The summed E-state index contributed by atoms with van der Waals surface area (Å²) in [5.74, 6) is -1.14. The quantitative estimate of drug-likeness (QED) is 0.855. The normalized spacial score (nSPS) is 16.4. The molecule has 1 heterocycles. The zero-order valence-electron chi connectivity index (χ0n) is 9.16. The number of rotatable bonds is 5. The van der Waals surface area contributed by atoms with Crippen LogP contribution in [-0.4, -0.2) is 41.4 Å². The van der Waals surface area contributed by atoms with Crippen molar-refractivity contribution in [1.29, 1.82) is 0 Å². The Morgan fingerprint density at radius 1 is 1.65 bits per heavy atom. The highest BCUT2D eigenvalue weighted by Gasteiger charge is 2.40. The lowest BCUT2D eigenvalue weighted by Crippen LogP contribution is -2.37. The van der Waals surface area contributed by atoms with Gasteiger partial charge in [-0.25, -0.2) is 13.4 Å². The molecule has 1 aromatic heterocycles. The van der Waals surface area contributed by atoms with E-state index >= 15 is 0 Å². The molecular formula is C9H12N2O4S2. The van der Waals surface area contributed by atoms with Gasteiger partial charge in [0, 0.05) is 6.04 Å². The van der Waals surface area contributed by atoms with Gasteiger partial charge < -0.3 is 5.11 Å². The van der Waals surface area contributed by atoms with E-state index in [1.807, 2.05) is 0 Å². The van der Waals surface area contributed by atoms with Crippen LogP contribution in [0.3, 0.4) is 0 Å². The van der Waals surface area contributed by atoms with Gasteiger partial charge in [-0.1, -0.05) is 0 Å². The molecule has 0 atom stereocenters. The van der Waals surface area contributed by atoms with Crippen LogP contribution in [0, 0.1) is 6.92 Å². The smallest absolute Gasteiger partial charge is 0.318 e. The molecule has 0 bridgehead atoms. The van der Waals surface area contributed by atoms with Gasteiger partial charge in [0.2, 0.25) is 0 Å². The largest absolute Gasteiger partial charge is 0.480 e. The lowest BCUT2D eigenvalue weighted by Gasteiger charge is -2.18. The predicted molar refractivity (Wildman–Crippen MR) is 61.4 cm³/mol. The molecule has 0 radical (unpaired) electrons. The van der Waals surface area contributed by atoms with Gasteiger partial charge in [0.05, 0.1) is 11.2 Å². The fourth-order valence-corrected chi connectivity index (χ4v) is 4.36. The summed E-state index contributed by atoms with van der Waals surface area (Å²) in [7, 11) is -3.70. The number of aliphatic carboxylic acids is 1. The Bertz CT molecular complexity index is 533. The first-order valence-electron chi connectivity index (χ1n) is 5.07. The number of thiazole rings is 1. The third-order valence-electron chi connectivity index (χ3n) is 2.41. The second-order valence-corrected chi connectivity index (χ2v) is 7.23. The maximum atomic E-state index is 12.2. The molecule has 94 valence electrons. The molecule has 0 aliphatic heterocycles. The van der Waals surface area contributed by atoms with Crippen LogP contribution in [0.5, 0.6) is 0 Å². The van der Waals surface area contributed by atoms with E-state index in [1.165, 1.54) is 6.20 Å². The maximum Gasteiger partial charge on any atom is 0.318 e. The minimum absolute atomic E-state index is 0.114. The summed E-state index contributed by atoms with van der Waals surface area (Å²) in [6.45, 7) is 1.23. The van der Waals surface area contributed by atoms with Crippen LogP contribution in [0.2, 0.25) is 0 Å². The minimum atomic E-state index is -3.70. The van der Waals surface area contributed by atoms with Crippen LogP contribution in [0.15, 0.2) is 10.4 Å². The summed E-state index contributed by atoms with van der Waals surface area (Å²) in [6.07, 6.45) is 2.74. The number of nitrogens with zero attached hydrogens (tertiary/aromatic N) is 2. The molecule has 0 amide bonds. The van der Waals surface area contributed by atoms with Crippen LogP contribution < -0.4 is 0 Å². The summed E-state index contributed by atoms with van der Waals surface area (Å²) < 4.78 is 25.6. The zero-order chi connectivity index (χ0) is 12.6. The Balaban J connectivity index is 2.31. The van der Waals surface area contributed by atoms with Crippen LogP contribution in [-0.2, 0) is 14.8 Å². The molecule has 1 aliphatic rings. The van der Waals surface area contributed by atoms with Crippen LogP contribution in [0.1, 0.15) is 17.8 Å². The van der Waals surface area contributed by atoms with Crippen LogP contribution in [0.4, 0.5) is 0 Å². The van der Waals surface area contributed by atoms with Crippen molar-refractivity contribution in [2.75, 3.05) is 6.54 Å². The molecule has 1 fully saturated rings. The van der Waals surface area contributed by atoms with Gasteiger partial charge >= 0.3 is 5.97 Å². The molecule has 0 spiro atoms. The Morgan fingerprint density at radius 3 is 2.71 bits per heavy atom. The van der Waals surface area contributed by atoms with Crippen LogP contribution in [0.25, 0.3) is 0 Å². The minimum Gasteiger partial charge on any atom is -0.480 e. The number of hydrogen-bond donors (Lipinski definition) is 1. The number of sulfonamides is 1. The van der Waals surface area contributed by atoms with Crippen LogP contribution >= 0.6 is 11.3 Å². The molecule has 1 N–H and O–H groups in total. The zero-order valence-corrected chi connectivity index (χ0v) is 10.8. The van der Waals surface area contributed by atoms with Gasteiger partial charge in [-0.3, -0.25) is 4.79 Å². The van der Waals surface area contributed by atoms with Crippen molar-refractivity contribution < 1.29 is 18.3 Å². The molecule has 2 rings (SSSR count). The Hall–Kier alpha value is -0.990. The molecular weight excluding hydrogens is 264 g/mol. The fraction of sp³-hybridized carbons (Fsp3) is 0.556. The summed E-state index contributed by atoms with van der Waals surface area (Å²) in [5, 5.41) is 9.41. The summed E-state index contributed by atoms with van der Waals surface area (Å²) in [6, 6.07) is -0.168. The Kier molecular flexibility index (Phi) is 3.19. The van der Waals surface area contributed by atoms with Crippen molar-refractivity contribution in [2.45, 2.75) is 30.0 Å². The molecule has 17 heavy (non-hydrogen) atoms. The fourth-order valence-electron chi connectivity index (χ4n) is 1.48. The van der Waals surface area contributed by atoms with Crippen molar-refractivity contribution in [3.05, 3.63) is 11.2 Å². The Labute approximate surface area is 103 Å². The standard InChI is InChI=1S/C9H12N2O4S2/c1-6-10-4-9(16-6)17(14,15)11(5-8(12)13)7-2-3-7/h4,7H,2-3,5H2,1H3,(H,12,13). The van der Waals surface area contributed by atoms with Gasteiger partial charge in [-0.2, -0.15) is 4.31 Å². The summed E-state index contributed by atoms with van der Waals surface area (Å²) >= 11 is 1.06. The number of carboxylic acids is 1. The summed E-state index contributed by atoms with van der Waals surface area (Å²) in [5.41, 5.74) is 0. The van der Waals surface area contributed by atoms with E-state index < -0.39 is 22.5 Å². The van der Waals surface area contributed by atoms with Gasteiger partial charge in [-0.05, 0) is 19.8 Å². The van der Waals surface area contributed by atoms with Gasteiger partial charge in [0.15, 0.2) is 4.21 Å². The van der Waals surface area contributed by atoms with E-state index in [0.29, 0.717) is 5.01 Å². The van der Waals surface area contributed by atoms with Crippen molar-refractivity contribution in [3.8, 4) is 0 Å². The highest BCUT2D eigenvalue weighted by molar-refractivity contribution is 7.91. The molecule has 1 saturated carbocycles. The van der Waals surface area contributed by atoms with Crippen molar-refractivity contribution in [2.24, 2.45) is 0 Å². The molecule has 0 aromatic carbocycles. The highest BCUT2D eigenvalue weighted by Crippen LogP contribution is 2.33. The number of carbonyl (C=O) groups is 1. The second-order valence-electron chi connectivity index (χ2n) is 3.87. The van der Waals surface area contributed by atoms with E-state index in [1.54, 1.807) is 6.92 Å². The molecule has 1 aliphatic carbocycles. The molecule has 0 saturated heterocycles. The SMILES string of the molecule is Cc1ncc(S(=O)(=O)N(CC(=O)O)C2CC2)s1. The topological polar surface area (TPSA) is 87.6 Å². The highest BCUT2D eigenvalue weighted by atomic mass is 32.2. The van der Waals surface area contributed by atoms with E-state index in [2.05, 4.69) is 4.98 Å². The third kappa shape index (κ3) is 2.64. The van der Waals surface area contributed by atoms with Crippen molar-refractivity contribution >= 4 is 27.3 Å². The average Bonchev–Trinajstić information content (AvgIpc) is 2.96. The van der Waals surface area contributed by atoms with Crippen molar-refractivity contribution in [3.63, 3.8) is 0 Å². The number of carboxylic acid groups (broad SMARTS) is 1. The lowest BCUT2D eigenvalue weighted by atomic mass is 10.6. The van der Waals surface area contributed by atoms with E-state index in [9.17, 15) is 13.2 Å². The maximum absolute atomic E-state index is 12.2. The molecule has 1 aromatic rings. The molecule has 0 unspecified atom stereocenters. The van der Waals surface area contributed by atoms with E-state index in [-0.39, 0.29) is 10.3 Å². The number of aryl methyl sites for hydroxylation is 1. The predicted octanol–water partition coefficient (Wildman–Crippen LogP) is 0.689. The number of hydrogen-bond acceptors (Lipinski definition) is 5. The Morgan fingerprint density at radius 2 is 2.29 bits per heavy atom. The van der Waals surface area contributed by atoms with Gasteiger partial charge in [-0.15, -0.1) is 11.3 Å². The van der Waals surface area contributed by atoms with Gasteiger partial charge in [0.1, 0.15) is 6.54 Å². The monoisotopic (exact) mass is 276 g/mol. The molecule has 8 heteroatoms. The lowest BCUT2D eigenvalue weighted by molar-refractivity contribution is -0.137. The first-order valence-corrected chi connectivity index (χ1v) is 7.33. The first-order chi connectivity index (χ1) is 7.91. The number of aromatic nitrogens is 1. The van der Waals surface area contributed by atoms with E-state index in [4.69, 9.17) is 5.11 Å². The second kappa shape index (κ2) is 4.35. The van der Waals surface area contributed by atoms with E-state index in [0.717, 1.165) is 28.5 Å². The summed E-state index contributed by atoms with van der Waals surface area (Å²) in [4.78, 5) is 14.6. The average molecular weight is 276 g/mol. The molecule has 6 nitrogen and oxygen atoms in total. The third-order valence-corrected chi connectivity index (χ3v) is 5.66. The van der Waals surface area contributed by atoms with Gasteiger partial charge in [0.25, 0.3) is 10.0 Å². The first kappa shape index (κ1) is 12.5.